The molecule has 0 unspecified atom stereocenters. The van der Waals surface area contributed by atoms with Gasteiger partial charge in [0.05, 0.1) is 6.04 Å². The van der Waals surface area contributed by atoms with E-state index in [1.54, 1.807) is 0 Å². The van der Waals surface area contributed by atoms with Gasteiger partial charge in [-0.25, -0.2) is 0 Å². The molecule has 1 fully saturated rings. The minimum atomic E-state index is 0.206. The van der Waals surface area contributed by atoms with E-state index in [2.05, 4.69) is 11.8 Å². The summed E-state index contributed by atoms with van der Waals surface area (Å²) in [5, 5.41) is 7.35. The van der Waals surface area contributed by atoms with Crippen LogP contribution in [0, 0.1) is 5.41 Å². The fourth-order valence-electron chi connectivity index (χ4n) is 1.73. The highest BCUT2D eigenvalue weighted by Crippen LogP contribution is 2.13. The van der Waals surface area contributed by atoms with Gasteiger partial charge in [0.25, 0.3) is 0 Å². The van der Waals surface area contributed by atoms with E-state index in [1.165, 1.54) is 12.8 Å². The van der Waals surface area contributed by atoms with Gasteiger partial charge in [-0.15, -0.1) is 0 Å². The zero-order valence-electron chi connectivity index (χ0n) is 7.14. The maximum absolute atomic E-state index is 7.35. The summed E-state index contributed by atoms with van der Waals surface area (Å²) >= 11 is 0. The first-order chi connectivity index (χ1) is 5.25. The van der Waals surface area contributed by atoms with Gasteiger partial charge < -0.3 is 5.73 Å². The number of nitrogens with zero attached hydrogens (tertiary/aromatic N) is 1. The largest absolute Gasteiger partial charge is 0.386 e. The molecule has 0 saturated carbocycles. The Morgan fingerprint density at radius 1 is 1.55 bits per heavy atom. The third-order valence-corrected chi connectivity index (χ3v) is 2.33. The van der Waals surface area contributed by atoms with Crippen LogP contribution < -0.4 is 5.73 Å². The Labute approximate surface area is 68.1 Å². The normalized spacial score (nSPS) is 21.9. The van der Waals surface area contributed by atoms with Crippen molar-refractivity contribution < 1.29 is 0 Å². The molecular weight excluding hydrogens is 138 g/mol. The number of hydrogen-bond acceptors (Lipinski definition) is 2. The molecule has 0 aromatic heterocycles. The number of rotatable bonds is 3. The summed E-state index contributed by atoms with van der Waals surface area (Å²) in [4.78, 5) is 2.31. The van der Waals surface area contributed by atoms with Gasteiger partial charge in [-0.3, -0.25) is 10.3 Å². The minimum absolute atomic E-state index is 0.206. The highest BCUT2D eigenvalue weighted by molar-refractivity contribution is 5.82. The van der Waals surface area contributed by atoms with Crippen molar-refractivity contribution in [3.05, 3.63) is 0 Å². The van der Waals surface area contributed by atoms with Crippen molar-refractivity contribution in [1.29, 1.82) is 5.41 Å². The third-order valence-electron chi connectivity index (χ3n) is 2.33. The summed E-state index contributed by atoms with van der Waals surface area (Å²) in [6.45, 7) is 4.33. The second-order valence-electron chi connectivity index (χ2n) is 3.12. The molecule has 0 amide bonds. The molecule has 1 aliphatic heterocycles. The van der Waals surface area contributed by atoms with Crippen molar-refractivity contribution in [3.63, 3.8) is 0 Å². The highest BCUT2D eigenvalue weighted by Gasteiger charge is 2.21. The molecule has 1 heterocycles. The Balaban J connectivity index is 2.46. The average molecular weight is 155 g/mol. The Morgan fingerprint density at radius 2 is 2.09 bits per heavy atom. The standard InChI is InChI=1S/C8H17N3/c1-2-7(8(9)10)11-5-3-4-6-11/h7H,2-6H2,1H3,(H3,9,10)/t7-/m1/s1. The number of likely N-dealkylation sites (tertiary alicyclic amines) is 1. The van der Waals surface area contributed by atoms with Crippen LogP contribution in [0.4, 0.5) is 0 Å². The lowest BCUT2D eigenvalue weighted by atomic mass is 10.2. The Morgan fingerprint density at radius 3 is 2.45 bits per heavy atom. The maximum atomic E-state index is 7.35. The van der Waals surface area contributed by atoms with E-state index in [0.29, 0.717) is 5.84 Å². The Kier molecular flexibility index (Phi) is 2.88. The Hall–Kier alpha value is -0.570. The van der Waals surface area contributed by atoms with E-state index in [0.717, 1.165) is 19.5 Å². The fraction of sp³-hybridized carbons (Fsp3) is 0.875. The first-order valence-corrected chi connectivity index (χ1v) is 4.33. The minimum Gasteiger partial charge on any atom is -0.386 e. The lowest BCUT2D eigenvalue weighted by Gasteiger charge is -2.24. The lowest BCUT2D eigenvalue weighted by molar-refractivity contribution is 0.291. The smallest absolute Gasteiger partial charge is 0.108 e. The molecule has 1 rings (SSSR count). The molecule has 3 N–H and O–H groups in total. The second kappa shape index (κ2) is 3.72. The summed E-state index contributed by atoms with van der Waals surface area (Å²) in [5.74, 6) is 0.328. The molecular formula is C8H17N3. The molecule has 64 valence electrons. The average Bonchev–Trinajstić information content (AvgIpc) is 2.40. The van der Waals surface area contributed by atoms with Crippen molar-refractivity contribution in [2.24, 2.45) is 5.73 Å². The van der Waals surface area contributed by atoms with E-state index in [1.807, 2.05) is 0 Å². The number of hydrogen-bond donors (Lipinski definition) is 2. The van der Waals surface area contributed by atoms with Gasteiger partial charge in [-0.1, -0.05) is 6.92 Å². The highest BCUT2D eigenvalue weighted by atomic mass is 15.2. The van der Waals surface area contributed by atoms with E-state index in [9.17, 15) is 0 Å². The van der Waals surface area contributed by atoms with Gasteiger partial charge in [-0.05, 0) is 32.4 Å². The summed E-state index contributed by atoms with van der Waals surface area (Å²) in [7, 11) is 0. The van der Waals surface area contributed by atoms with Crippen LogP contribution in [0.1, 0.15) is 26.2 Å². The van der Waals surface area contributed by atoms with Crippen LogP contribution in [-0.2, 0) is 0 Å². The first-order valence-electron chi connectivity index (χ1n) is 4.33. The van der Waals surface area contributed by atoms with E-state index >= 15 is 0 Å². The first kappa shape index (κ1) is 8.53. The van der Waals surface area contributed by atoms with Gasteiger partial charge in [0.2, 0.25) is 0 Å². The quantitative estimate of drug-likeness (QED) is 0.468. The molecule has 0 aliphatic carbocycles. The monoisotopic (exact) mass is 155 g/mol. The number of amidine groups is 1. The molecule has 0 aromatic carbocycles. The summed E-state index contributed by atoms with van der Waals surface area (Å²) in [5.41, 5.74) is 5.47. The lowest BCUT2D eigenvalue weighted by Crippen LogP contribution is -2.42. The zero-order chi connectivity index (χ0) is 8.27. The summed E-state index contributed by atoms with van der Waals surface area (Å²) in [6, 6.07) is 0.206. The molecule has 1 atom stereocenters. The summed E-state index contributed by atoms with van der Waals surface area (Å²) < 4.78 is 0. The maximum Gasteiger partial charge on any atom is 0.108 e. The molecule has 3 heteroatoms. The van der Waals surface area contributed by atoms with Crippen LogP contribution in [0.5, 0.6) is 0 Å². The van der Waals surface area contributed by atoms with Crippen molar-refractivity contribution in [2.75, 3.05) is 13.1 Å². The predicted molar refractivity (Wildman–Crippen MR) is 46.8 cm³/mol. The fourth-order valence-corrected chi connectivity index (χ4v) is 1.73. The number of nitrogens with one attached hydrogen (secondary N) is 1. The number of nitrogens with two attached hydrogens (primary N) is 1. The second-order valence-corrected chi connectivity index (χ2v) is 3.12. The van der Waals surface area contributed by atoms with Crippen molar-refractivity contribution >= 4 is 5.84 Å². The summed E-state index contributed by atoms with van der Waals surface area (Å²) in [6.07, 6.45) is 3.50. The van der Waals surface area contributed by atoms with Gasteiger partial charge in [0.1, 0.15) is 5.84 Å². The van der Waals surface area contributed by atoms with Gasteiger partial charge in [0, 0.05) is 0 Å². The molecule has 3 nitrogen and oxygen atoms in total. The molecule has 1 aliphatic rings. The third kappa shape index (κ3) is 1.93. The topological polar surface area (TPSA) is 53.1 Å². The van der Waals surface area contributed by atoms with Crippen molar-refractivity contribution in [2.45, 2.75) is 32.2 Å². The van der Waals surface area contributed by atoms with E-state index < -0.39 is 0 Å². The van der Waals surface area contributed by atoms with Gasteiger partial charge >= 0.3 is 0 Å². The van der Waals surface area contributed by atoms with Crippen LogP contribution in [0.15, 0.2) is 0 Å². The van der Waals surface area contributed by atoms with Crippen LogP contribution >= 0.6 is 0 Å². The van der Waals surface area contributed by atoms with E-state index in [-0.39, 0.29) is 6.04 Å². The Bertz CT molecular complexity index is 138. The van der Waals surface area contributed by atoms with Crippen molar-refractivity contribution in [3.8, 4) is 0 Å². The van der Waals surface area contributed by atoms with Gasteiger partial charge in [0.15, 0.2) is 0 Å². The zero-order valence-corrected chi connectivity index (χ0v) is 7.14. The van der Waals surface area contributed by atoms with Crippen LogP contribution in [0.3, 0.4) is 0 Å². The van der Waals surface area contributed by atoms with Gasteiger partial charge in [-0.2, -0.15) is 0 Å². The SMILES string of the molecule is CC[C@H](C(=N)N)N1CCCC1. The molecule has 1 saturated heterocycles. The molecule has 0 aromatic rings. The van der Waals surface area contributed by atoms with Crippen LogP contribution in [0.2, 0.25) is 0 Å². The molecule has 11 heavy (non-hydrogen) atoms. The molecule has 0 spiro atoms. The predicted octanol–water partition coefficient (Wildman–Crippen LogP) is 0.797. The van der Waals surface area contributed by atoms with Crippen LogP contribution in [0.25, 0.3) is 0 Å². The van der Waals surface area contributed by atoms with Crippen LogP contribution in [-0.4, -0.2) is 29.9 Å². The molecule has 0 radical (unpaired) electrons. The van der Waals surface area contributed by atoms with Crippen molar-refractivity contribution in [1.82, 2.24) is 4.90 Å². The van der Waals surface area contributed by atoms with E-state index in [4.69, 9.17) is 11.1 Å². The molecule has 0 bridgehead atoms.